The Labute approximate surface area is 216 Å². The highest BCUT2D eigenvalue weighted by atomic mass is 32.1. The zero-order chi connectivity index (χ0) is 27.4. The molecule has 1 aliphatic heterocycles. The number of esters is 3. The molecule has 12 heteroatoms. The molecule has 0 aliphatic carbocycles. The number of anilines is 1. The molecular formula is C25H26N2O9S. The third-order valence-electron chi connectivity index (χ3n) is 5.34. The van der Waals surface area contributed by atoms with Crippen LogP contribution in [0.2, 0.25) is 0 Å². The largest absolute Gasteiger partial charge is 0.462 e. The fourth-order valence-corrected chi connectivity index (χ4v) is 4.78. The highest BCUT2D eigenvalue weighted by Crippen LogP contribution is 2.34. The van der Waals surface area contributed by atoms with Crippen molar-refractivity contribution in [1.29, 1.82) is 0 Å². The van der Waals surface area contributed by atoms with Crippen LogP contribution in [-0.4, -0.2) is 66.4 Å². The zero-order valence-corrected chi connectivity index (χ0v) is 21.8. The first kappa shape index (κ1) is 27.5. The SMILES string of the molecule is CCOC(=O)c1sc(NC(=O)COC(=O)c2ccc3c(c2)C(=O)N(C(C)C)C3=O)c(C(=O)OCC)c1C. The van der Waals surface area contributed by atoms with Crippen LogP contribution in [0.4, 0.5) is 5.00 Å². The number of imide groups is 1. The normalized spacial score (nSPS) is 12.4. The van der Waals surface area contributed by atoms with E-state index in [1.54, 1.807) is 27.7 Å². The van der Waals surface area contributed by atoms with Gasteiger partial charge in [0.25, 0.3) is 17.7 Å². The van der Waals surface area contributed by atoms with Gasteiger partial charge in [0.15, 0.2) is 6.61 Å². The molecule has 0 saturated carbocycles. The van der Waals surface area contributed by atoms with Crippen LogP contribution in [0.15, 0.2) is 18.2 Å². The minimum absolute atomic E-state index is 0.00564. The number of nitrogens with zero attached hydrogens (tertiary/aromatic N) is 1. The van der Waals surface area contributed by atoms with Crippen molar-refractivity contribution in [2.24, 2.45) is 0 Å². The molecule has 2 aromatic rings. The van der Waals surface area contributed by atoms with Gasteiger partial charge in [-0.2, -0.15) is 0 Å². The van der Waals surface area contributed by atoms with Crippen molar-refractivity contribution < 1.29 is 43.0 Å². The predicted octanol–water partition coefficient (Wildman–Crippen LogP) is 3.21. The fourth-order valence-electron chi connectivity index (χ4n) is 3.67. The first-order valence-corrected chi connectivity index (χ1v) is 12.3. The summed E-state index contributed by atoms with van der Waals surface area (Å²) in [6, 6.07) is 3.61. The Morgan fingerprint density at radius 2 is 1.54 bits per heavy atom. The Bertz CT molecular complexity index is 1300. The third-order valence-corrected chi connectivity index (χ3v) is 6.53. The van der Waals surface area contributed by atoms with Crippen molar-refractivity contribution in [3.63, 3.8) is 0 Å². The monoisotopic (exact) mass is 530 g/mol. The van der Waals surface area contributed by atoms with E-state index in [2.05, 4.69) is 5.32 Å². The average Bonchev–Trinajstić information content (AvgIpc) is 3.30. The lowest BCUT2D eigenvalue weighted by molar-refractivity contribution is -0.119. The molecule has 0 spiro atoms. The molecule has 1 aromatic carbocycles. The third kappa shape index (κ3) is 5.53. The molecule has 1 N–H and O–H groups in total. The summed E-state index contributed by atoms with van der Waals surface area (Å²) in [5, 5.41) is 2.53. The molecule has 0 radical (unpaired) electrons. The fraction of sp³-hybridized carbons (Fsp3) is 0.360. The number of hydrogen-bond donors (Lipinski definition) is 1. The lowest BCUT2D eigenvalue weighted by Crippen LogP contribution is -2.35. The van der Waals surface area contributed by atoms with Crippen LogP contribution in [-0.2, 0) is 19.0 Å². The first-order chi connectivity index (χ1) is 17.5. The number of hydrogen-bond acceptors (Lipinski definition) is 10. The van der Waals surface area contributed by atoms with Crippen LogP contribution in [0.5, 0.6) is 0 Å². The maximum Gasteiger partial charge on any atom is 0.348 e. The van der Waals surface area contributed by atoms with E-state index in [0.29, 0.717) is 5.56 Å². The number of carbonyl (C=O) groups is 6. The van der Waals surface area contributed by atoms with E-state index in [-0.39, 0.29) is 51.4 Å². The van der Waals surface area contributed by atoms with Gasteiger partial charge in [0, 0.05) is 6.04 Å². The number of amides is 3. The van der Waals surface area contributed by atoms with Gasteiger partial charge in [0.1, 0.15) is 9.88 Å². The molecule has 196 valence electrons. The molecule has 1 aromatic heterocycles. The average molecular weight is 531 g/mol. The standard InChI is InChI=1S/C25H26N2O9S/c1-6-34-24(32)18-13(5)19(25(33)35-7-2)37-20(18)26-17(28)11-36-23(31)14-8-9-15-16(10-14)22(30)27(12(3)4)21(15)29/h8-10,12H,6-7,11H2,1-5H3,(H,26,28). The molecule has 0 bridgehead atoms. The molecule has 3 amide bonds. The predicted molar refractivity (Wildman–Crippen MR) is 132 cm³/mol. The van der Waals surface area contributed by atoms with Gasteiger partial charge in [-0.3, -0.25) is 19.3 Å². The molecule has 0 saturated heterocycles. The summed E-state index contributed by atoms with van der Waals surface area (Å²) in [6.07, 6.45) is 0. The van der Waals surface area contributed by atoms with Crippen molar-refractivity contribution in [3.05, 3.63) is 50.9 Å². The first-order valence-electron chi connectivity index (χ1n) is 11.5. The summed E-state index contributed by atoms with van der Waals surface area (Å²) >= 11 is 0.842. The quantitative estimate of drug-likeness (QED) is 0.293. The summed E-state index contributed by atoms with van der Waals surface area (Å²) in [4.78, 5) is 76.0. The van der Waals surface area contributed by atoms with Gasteiger partial charge in [0.2, 0.25) is 0 Å². The van der Waals surface area contributed by atoms with Gasteiger partial charge < -0.3 is 19.5 Å². The second kappa shape index (κ2) is 11.3. The van der Waals surface area contributed by atoms with E-state index in [0.717, 1.165) is 16.2 Å². The van der Waals surface area contributed by atoms with E-state index in [9.17, 15) is 28.8 Å². The Hall–Kier alpha value is -4.06. The number of fused-ring (bicyclic) bond motifs is 1. The van der Waals surface area contributed by atoms with E-state index >= 15 is 0 Å². The smallest absolute Gasteiger partial charge is 0.348 e. The maximum atomic E-state index is 12.6. The summed E-state index contributed by atoms with van der Waals surface area (Å²) in [7, 11) is 0. The molecule has 0 atom stereocenters. The summed E-state index contributed by atoms with van der Waals surface area (Å²) in [6.45, 7) is 7.69. The molecule has 3 rings (SSSR count). The Kier molecular flexibility index (Phi) is 8.43. The molecular weight excluding hydrogens is 504 g/mol. The molecule has 37 heavy (non-hydrogen) atoms. The van der Waals surface area contributed by atoms with Gasteiger partial charge in [-0.05, 0) is 58.4 Å². The van der Waals surface area contributed by atoms with Crippen LogP contribution in [0, 0.1) is 6.92 Å². The molecule has 0 unspecified atom stereocenters. The van der Waals surface area contributed by atoms with E-state index in [4.69, 9.17) is 14.2 Å². The van der Waals surface area contributed by atoms with Crippen molar-refractivity contribution in [1.82, 2.24) is 4.90 Å². The summed E-state index contributed by atoms with van der Waals surface area (Å²) in [5.41, 5.74) is 0.553. The zero-order valence-electron chi connectivity index (χ0n) is 21.0. The van der Waals surface area contributed by atoms with Gasteiger partial charge in [-0.1, -0.05) is 0 Å². The molecule has 11 nitrogen and oxygen atoms in total. The highest BCUT2D eigenvalue weighted by molar-refractivity contribution is 7.18. The van der Waals surface area contributed by atoms with Crippen molar-refractivity contribution >= 4 is 52.0 Å². The van der Waals surface area contributed by atoms with Gasteiger partial charge in [-0.25, -0.2) is 14.4 Å². The Morgan fingerprint density at radius 1 is 0.919 bits per heavy atom. The van der Waals surface area contributed by atoms with Crippen LogP contribution in [0.25, 0.3) is 0 Å². The van der Waals surface area contributed by atoms with Gasteiger partial charge in [0.05, 0.1) is 35.5 Å². The van der Waals surface area contributed by atoms with Crippen molar-refractivity contribution in [3.8, 4) is 0 Å². The second-order valence-electron chi connectivity index (χ2n) is 8.16. The van der Waals surface area contributed by atoms with Crippen LogP contribution in [0.3, 0.4) is 0 Å². The van der Waals surface area contributed by atoms with Crippen LogP contribution in [0.1, 0.15) is 84.4 Å². The topological polar surface area (TPSA) is 145 Å². The Balaban J connectivity index is 1.73. The molecule has 1 aliphatic rings. The lowest BCUT2D eigenvalue weighted by Gasteiger charge is -2.17. The van der Waals surface area contributed by atoms with E-state index < -0.39 is 42.2 Å². The van der Waals surface area contributed by atoms with Crippen molar-refractivity contribution in [2.75, 3.05) is 25.1 Å². The second-order valence-corrected chi connectivity index (χ2v) is 9.18. The highest BCUT2D eigenvalue weighted by Gasteiger charge is 2.37. The van der Waals surface area contributed by atoms with Crippen LogP contribution < -0.4 is 5.32 Å². The number of benzene rings is 1. The minimum Gasteiger partial charge on any atom is -0.462 e. The Morgan fingerprint density at radius 3 is 2.16 bits per heavy atom. The van der Waals surface area contributed by atoms with E-state index in [1.807, 2.05) is 0 Å². The summed E-state index contributed by atoms with van der Waals surface area (Å²) in [5.74, 6) is -4.00. The number of carbonyl (C=O) groups excluding carboxylic acids is 6. The number of nitrogens with one attached hydrogen (secondary N) is 1. The lowest BCUT2D eigenvalue weighted by atomic mass is 10.1. The van der Waals surface area contributed by atoms with Gasteiger partial charge in [-0.15, -0.1) is 11.3 Å². The van der Waals surface area contributed by atoms with E-state index in [1.165, 1.54) is 25.1 Å². The van der Waals surface area contributed by atoms with Gasteiger partial charge >= 0.3 is 17.9 Å². The number of ether oxygens (including phenoxy) is 3. The molecule has 0 fully saturated rings. The van der Waals surface area contributed by atoms with Crippen LogP contribution >= 0.6 is 11.3 Å². The summed E-state index contributed by atoms with van der Waals surface area (Å²) < 4.78 is 15.1. The maximum absolute atomic E-state index is 12.6. The molecule has 2 heterocycles. The number of rotatable bonds is 9. The minimum atomic E-state index is -0.888. The van der Waals surface area contributed by atoms with Crippen molar-refractivity contribution in [2.45, 2.75) is 40.7 Å². The number of thiophene rings is 1.